The van der Waals surface area contributed by atoms with Gasteiger partial charge in [0.1, 0.15) is 0 Å². The van der Waals surface area contributed by atoms with Gasteiger partial charge in [0, 0.05) is 25.0 Å². The summed E-state index contributed by atoms with van der Waals surface area (Å²) in [6.45, 7) is 7.13. The molecule has 0 aliphatic carbocycles. The first-order valence-corrected chi connectivity index (χ1v) is 14.2. The minimum atomic E-state index is -0.445. The van der Waals surface area contributed by atoms with Crippen molar-refractivity contribution in [1.82, 2.24) is 19.6 Å². The third kappa shape index (κ3) is 9.46. The second-order valence-corrected chi connectivity index (χ2v) is 9.27. The van der Waals surface area contributed by atoms with Crippen molar-refractivity contribution in [3.63, 3.8) is 0 Å². The van der Waals surface area contributed by atoms with Crippen LogP contribution in [0.25, 0.3) is 11.4 Å². The van der Waals surface area contributed by atoms with E-state index in [1.807, 2.05) is 12.1 Å². The Balaban J connectivity index is 0.000000275. The molecule has 2 N–H and O–H groups in total. The molecule has 0 atom stereocenters. The second kappa shape index (κ2) is 18.8. The summed E-state index contributed by atoms with van der Waals surface area (Å²) in [4.78, 5) is 24.5. The van der Waals surface area contributed by atoms with Crippen LogP contribution in [0.15, 0.2) is 106 Å². The molecular formula is C34H34N4O8Zn. The smallest absolute Gasteiger partial charge is 0.858 e. The Morgan fingerprint density at radius 3 is 1.23 bits per heavy atom. The summed E-state index contributed by atoms with van der Waals surface area (Å²) in [6.07, 6.45) is 2.79. The number of ketones is 2. The standard InChI is InChI=1S/2C15H12N2O3.2C2H6O.Zn/c2*1-10-13(14(18)12-8-5-9-20-12)15(19)17(16-10)11-6-3-2-4-7-11;2*1-2-3;/h2*2-9,19H,1H3;2*3H,2H2,1H3;/q;;;;+2/p-2. The molecule has 4 aromatic heterocycles. The van der Waals surface area contributed by atoms with Gasteiger partial charge >= 0.3 is 19.5 Å². The number of furan rings is 2. The largest absolute Gasteiger partial charge is 2.00 e. The van der Waals surface area contributed by atoms with Crippen LogP contribution in [0.3, 0.4) is 0 Å². The van der Waals surface area contributed by atoms with Gasteiger partial charge in [-0.15, -0.1) is 0 Å². The van der Waals surface area contributed by atoms with Gasteiger partial charge in [-0.2, -0.15) is 10.2 Å². The second-order valence-electron chi connectivity index (χ2n) is 9.27. The zero-order valence-electron chi connectivity index (χ0n) is 26.5. The molecule has 6 aromatic rings. The number of aliphatic hydroxyl groups is 2. The molecule has 6 rings (SSSR count). The Morgan fingerprint density at radius 2 is 0.957 bits per heavy atom. The zero-order valence-corrected chi connectivity index (χ0v) is 29.5. The third-order valence-corrected chi connectivity index (χ3v) is 5.98. The van der Waals surface area contributed by atoms with Gasteiger partial charge in [0.15, 0.2) is 11.5 Å². The average molecular weight is 692 g/mol. The van der Waals surface area contributed by atoms with Crippen LogP contribution in [0.1, 0.15) is 57.5 Å². The number of hydrogen-bond acceptors (Lipinski definition) is 10. The van der Waals surface area contributed by atoms with Crippen molar-refractivity contribution in [3.8, 4) is 23.1 Å². The van der Waals surface area contributed by atoms with Crippen LogP contribution in [0.2, 0.25) is 0 Å². The summed E-state index contributed by atoms with van der Waals surface area (Å²) in [5, 5.41) is 48.2. The van der Waals surface area contributed by atoms with Gasteiger partial charge in [0.05, 0.1) is 46.4 Å². The van der Waals surface area contributed by atoms with Crippen molar-refractivity contribution in [1.29, 1.82) is 0 Å². The number of nitrogens with zero attached hydrogens (tertiary/aromatic N) is 4. The molecule has 12 nitrogen and oxygen atoms in total. The molecule has 0 radical (unpaired) electrons. The van der Waals surface area contributed by atoms with E-state index >= 15 is 0 Å². The third-order valence-electron chi connectivity index (χ3n) is 5.98. The number of aliphatic hydroxyl groups excluding tert-OH is 2. The van der Waals surface area contributed by atoms with E-state index in [9.17, 15) is 19.8 Å². The first-order chi connectivity index (χ1) is 22.2. The van der Waals surface area contributed by atoms with Crippen LogP contribution < -0.4 is 10.2 Å². The first kappa shape index (κ1) is 38.1. The van der Waals surface area contributed by atoms with Crippen molar-refractivity contribution >= 4 is 11.6 Å². The normalized spacial score (nSPS) is 9.83. The Bertz CT molecular complexity index is 1660. The number of para-hydroxylation sites is 2. The Morgan fingerprint density at radius 1 is 0.638 bits per heavy atom. The molecule has 0 amide bonds. The maximum absolute atomic E-state index is 12.4. The average Bonchev–Trinajstić information content (AvgIpc) is 3.87. The van der Waals surface area contributed by atoms with Crippen LogP contribution in [-0.4, -0.2) is 54.6 Å². The van der Waals surface area contributed by atoms with Gasteiger partial charge in [0.25, 0.3) is 0 Å². The first-order valence-electron chi connectivity index (χ1n) is 14.2. The fourth-order valence-corrected chi connectivity index (χ4v) is 4.09. The van der Waals surface area contributed by atoms with E-state index in [0.29, 0.717) is 22.8 Å². The monoisotopic (exact) mass is 690 g/mol. The molecule has 0 fully saturated rings. The molecule has 0 aliphatic heterocycles. The van der Waals surface area contributed by atoms with Crippen LogP contribution >= 0.6 is 0 Å². The molecule has 240 valence electrons. The molecule has 2 aromatic carbocycles. The molecule has 0 bridgehead atoms. The maximum atomic E-state index is 12.4. The van der Waals surface area contributed by atoms with Crippen LogP contribution in [0.5, 0.6) is 11.8 Å². The number of aryl methyl sites for hydroxylation is 2. The summed E-state index contributed by atoms with van der Waals surface area (Å²) in [5.41, 5.74) is 2.12. The predicted octanol–water partition coefficient (Wildman–Crippen LogP) is 4.15. The van der Waals surface area contributed by atoms with E-state index in [0.717, 1.165) is 0 Å². The number of aromatic nitrogens is 4. The van der Waals surface area contributed by atoms with Gasteiger partial charge in [0.2, 0.25) is 11.6 Å². The Hall–Kier alpha value is -5.10. The summed E-state index contributed by atoms with van der Waals surface area (Å²) in [7, 11) is 0. The van der Waals surface area contributed by atoms with Gasteiger partial charge in [-0.05, 0) is 76.2 Å². The number of carbonyl (C=O) groups is 2. The van der Waals surface area contributed by atoms with Gasteiger partial charge in [-0.1, -0.05) is 36.4 Å². The molecule has 4 heterocycles. The Kier molecular flexibility index (Phi) is 15.2. The molecular weight excluding hydrogens is 658 g/mol. The number of hydrogen-bond donors (Lipinski definition) is 2. The quantitative estimate of drug-likeness (QED) is 0.190. The fraction of sp³-hybridized carbons (Fsp3) is 0.176. The zero-order chi connectivity index (χ0) is 33.6. The topological polar surface area (TPSA) is 183 Å². The van der Waals surface area contributed by atoms with Crippen molar-refractivity contribution in [2.24, 2.45) is 0 Å². The Labute approximate surface area is 284 Å². The SMILES string of the molecule is CCO.CCO.Cc1nn(-c2ccccc2)c([O-])c1C(=O)c1ccco1.Cc1nn(-c2ccccc2)c([O-])c1C(=O)c1ccco1.[Zn+2]. The minimum Gasteiger partial charge on any atom is -0.858 e. The van der Waals surface area contributed by atoms with Gasteiger partial charge in [-0.25, -0.2) is 9.36 Å². The van der Waals surface area contributed by atoms with Gasteiger partial charge in [-0.3, -0.25) is 9.59 Å². The van der Waals surface area contributed by atoms with Crippen LogP contribution in [0.4, 0.5) is 0 Å². The number of rotatable bonds is 6. The van der Waals surface area contributed by atoms with Crippen LogP contribution in [0, 0.1) is 13.8 Å². The molecule has 13 heteroatoms. The van der Waals surface area contributed by atoms with E-state index < -0.39 is 23.3 Å². The molecule has 0 aliphatic rings. The minimum absolute atomic E-state index is 0. The predicted molar refractivity (Wildman–Crippen MR) is 165 cm³/mol. The molecule has 0 spiro atoms. The molecule has 0 unspecified atom stereocenters. The number of benzene rings is 2. The van der Waals surface area contributed by atoms with E-state index in [4.69, 9.17) is 19.0 Å². The summed E-state index contributed by atoms with van der Waals surface area (Å²) >= 11 is 0. The fourth-order valence-electron chi connectivity index (χ4n) is 4.09. The summed E-state index contributed by atoms with van der Waals surface area (Å²) in [5.74, 6) is -1.49. The van der Waals surface area contributed by atoms with E-state index in [1.165, 1.54) is 34.0 Å². The van der Waals surface area contributed by atoms with E-state index in [1.54, 1.807) is 88.4 Å². The van der Waals surface area contributed by atoms with Crippen molar-refractivity contribution < 1.29 is 58.3 Å². The van der Waals surface area contributed by atoms with E-state index in [2.05, 4.69) is 10.2 Å². The summed E-state index contributed by atoms with van der Waals surface area (Å²) in [6, 6.07) is 24.2. The van der Waals surface area contributed by atoms with Crippen LogP contribution in [-0.2, 0) is 19.5 Å². The molecule has 47 heavy (non-hydrogen) atoms. The van der Waals surface area contributed by atoms with E-state index in [-0.39, 0.29) is 55.3 Å². The molecule has 0 saturated carbocycles. The number of carbonyl (C=O) groups excluding carboxylic acids is 2. The van der Waals surface area contributed by atoms with Crippen molar-refractivity contribution in [3.05, 3.63) is 131 Å². The van der Waals surface area contributed by atoms with Crippen molar-refractivity contribution in [2.45, 2.75) is 27.7 Å². The summed E-state index contributed by atoms with van der Waals surface area (Å²) < 4.78 is 12.6. The van der Waals surface area contributed by atoms with Crippen molar-refractivity contribution in [2.75, 3.05) is 13.2 Å². The maximum Gasteiger partial charge on any atom is 2.00 e. The van der Waals surface area contributed by atoms with Gasteiger partial charge < -0.3 is 29.3 Å². The molecule has 0 saturated heterocycles.